The summed E-state index contributed by atoms with van der Waals surface area (Å²) in [6.07, 6.45) is 7.93. The van der Waals surface area contributed by atoms with Gasteiger partial charge in [-0.15, -0.1) is 0 Å². The lowest BCUT2D eigenvalue weighted by atomic mass is 9.39. The van der Waals surface area contributed by atoms with E-state index in [2.05, 4.69) is 6.58 Å². The Morgan fingerprint density at radius 1 is 1.03 bits per heavy atom. The molecular formula is C26H38O5. The van der Waals surface area contributed by atoms with Crippen molar-refractivity contribution in [1.29, 1.82) is 0 Å². The zero-order chi connectivity index (χ0) is 22.4. The molecule has 0 saturated heterocycles. The highest BCUT2D eigenvalue weighted by molar-refractivity contribution is 5.87. The van der Waals surface area contributed by atoms with Gasteiger partial charge in [-0.2, -0.15) is 0 Å². The van der Waals surface area contributed by atoms with E-state index in [1.165, 1.54) is 6.42 Å². The number of hydrogen-bond donors (Lipinski definition) is 1. The molecule has 6 aliphatic carbocycles. The number of ether oxygens (including phenoxy) is 2. The van der Waals surface area contributed by atoms with Crippen LogP contribution in [0.5, 0.6) is 0 Å². The molecule has 8 atom stereocenters. The van der Waals surface area contributed by atoms with Crippen molar-refractivity contribution in [3.05, 3.63) is 12.2 Å². The number of hydrogen-bond acceptors (Lipinski definition) is 5. The number of aliphatic hydroxyl groups is 1. The Morgan fingerprint density at radius 2 is 1.74 bits per heavy atom. The molecule has 0 aromatic heterocycles. The van der Waals surface area contributed by atoms with Gasteiger partial charge in [0.25, 0.3) is 0 Å². The first-order valence-electron chi connectivity index (χ1n) is 12.2. The molecule has 6 rings (SSSR count). The highest BCUT2D eigenvalue weighted by Gasteiger charge is 2.71. The largest absolute Gasteiger partial charge is 0.460 e. The Balaban J connectivity index is 1.50. The molecule has 5 nitrogen and oxygen atoms in total. The molecule has 0 radical (unpaired) electrons. The van der Waals surface area contributed by atoms with Crippen molar-refractivity contribution in [2.75, 3.05) is 0 Å². The molecule has 6 fully saturated rings. The number of fused-ring (bicyclic) bond motifs is 2. The summed E-state index contributed by atoms with van der Waals surface area (Å²) in [5.41, 5.74) is -1.66. The zero-order valence-electron chi connectivity index (χ0n) is 19.5. The Kier molecular flexibility index (Phi) is 4.56. The van der Waals surface area contributed by atoms with Crippen LogP contribution >= 0.6 is 0 Å². The van der Waals surface area contributed by atoms with Gasteiger partial charge in [-0.25, -0.2) is 4.79 Å². The van der Waals surface area contributed by atoms with E-state index in [4.69, 9.17) is 9.47 Å². The Labute approximate surface area is 185 Å². The lowest BCUT2D eigenvalue weighted by Crippen LogP contribution is -2.66. The molecule has 5 heteroatoms. The van der Waals surface area contributed by atoms with E-state index in [0.717, 1.165) is 44.9 Å². The molecule has 172 valence electrons. The topological polar surface area (TPSA) is 72.8 Å². The Hall–Kier alpha value is -1.36. The minimum atomic E-state index is -0.804. The summed E-state index contributed by atoms with van der Waals surface area (Å²) < 4.78 is 12.0. The molecule has 1 N–H and O–H groups in total. The smallest absolute Gasteiger partial charge is 0.333 e. The van der Waals surface area contributed by atoms with Gasteiger partial charge in [0.2, 0.25) is 0 Å². The molecule has 0 spiro atoms. The van der Waals surface area contributed by atoms with Crippen molar-refractivity contribution in [1.82, 2.24) is 0 Å². The van der Waals surface area contributed by atoms with Gasteiger partial charge in [0.05, 0.1) is 11.0 Å². The third-order valence-corrected chi connectivity index (χ3v) is 9.05. The second-order valence-corrected chi connectivity index (χ2v) is 12.9. The van der Waals surface area contributed by atoms with Crippen LogP contribution in [0.2, 0.25) is 0 Å². The van der Waals surface area contributed by atoms with Crippen molar-refractivity contribution >= 4 is 11.9 Å². The summed E-state index contributed by atoms with van der Waals surface area (Å²) >= 11 is 0. The van der Waals surface area contributed by atoms with Gasteiger partial charge in [-0.1, -0.05) is 6.58 Å². The fourth-order valence-corrected chi connectivity index (χ4v) is 8.93. The van der Waals surface area contributed by atoms with Crippen molar-refractivity contribution in [2.45, 2.75) is 103 Å². The van der Waals surface area contributed by atoms with Gasteiger partial charge >= 0.3 is 11.9 Å². The summed E-state index contributed by atoms with van der Waals surface area (Å²) in [7, 11) is 0. The summed E-state index contributed by atoms with van der Waals surface area (Å²) in [5.74, 6) is 1.05. The highest BCUT2D eigenvalue weighted by Crippen LogP contribution is 2.73. The molecule has 0 amide bonds. The molecule has 6 bridgehead atoms. The third-order valence-electron chi connectivity index (χ3n) is 9.05. The number of rotatable bonds is 4. The predicted molar refractivity (Wildman–Crippen MR) is 116 cm³/mol. The van der Waals surface area contributed by atoms with Gasteiger partial charge in [-0.05, 0) is 109 Å². The van der Waals surface area contributed by atoms with Gasteiger partial charge in [0.1, 0.15) is 11.7 Å². The molecule has 31 heavy (non-hydrogen) atoms. The van der Waals surface area contributed by atoms with Crippen LogP contribution in [0, 0.1) is 34.5 Å². The Bertz CT molecular complexity index is 826. The van der Waals surface area contributed by atoms with E-state index in [9.17, 15) is 14.7 Å². The SMILES string of the molecule is C=C(C)C(=O)OC1C2CCC(C2)C1C12CC3CC(O)(CC(C(=O)OC(C)(C)C)(C3)C1)C2. The molecular weight excluding hydrogens is 392 g/mol. The number of carbonyl (C=O) groups excluding carboxylic acids is 2. The van der Waals surface area contributed by atoms with Crippen LogP contribution in [0.4, 0.5) is 0 Å². The quantitative estimate of drug-likeness (QED) is 0.523. The van der Waals surface area contributed by atoms with Crippen molar-refractivity contribution in [3.8, 4) is 0 Å². The van der Waals surface area contributed by atoms with Crippen LogP contribution < -0.4 is 0 Å². The summed E-state index contributed by atoms with van der Waals surface area (Å²) in [4.78, 5) is 26.0. The van der Waals surface area contributed by atoms with Gasteiger partial charge in [-0.3, -0.25) is 4.79 Å². The fraction of sp³-hybridized carbons (Fsp3) is 0.846. The van der Waals surface area contributed by atoms with E-state index in [0.29, 0.717) is 29.7 Å². The first-order valence-corrected chi connectivity index (χ1v) is 12.2. The summed E-state index contributed by atoms with van der Waals surface area (Å²) in [6, 6.07) is 0. The lowest BCUT2D eigenvalue weighted by molar-refractivity contribution is -0.243. The van der Waals surface area contributed by atoms with Crippen LogP contribution in [-0.2, 0) is 19.1 Å². The van der Waals surface area contributed by atoms with Crippen molar-refractivity contribution in [2.24, 2.45) is 34.5 Å². The molecule has 6 aliphatic rings. The average Bonchev–Trinajstić information content (AvgIpc) is 3.19. The maximum atomic E-state index is 13.5. The van der Waals surface area contributed by atoms with Gasteiger partial charge < -0.3 is 14.6 Å². The first-order chi connectivity index (χ1) is 14.3. The molecule has 0 aromatic carbocycles. The van der Waals surface area contributed by atoms with E-state index < -0.39 is 16.6 Å². The van der Waals surface area contributed by atoms with Gasteiger partial charge in [0, 0.05) is 11.5 Å². The van der Waals surface area contributed by atoms with E-state index in [-0.39, 0.29) is 29.4 Å². The average molecular weight is 431 g/mol. The van der Waals surface area contributed by atoms with Crippen LogP contribution in [-0.4, -0.2) is 34.4 Å². The highest BCUT2D eigenvalue weighted by atomic mass is 16.6. The van der Waals surface area contributed by atoms with E-state index in [1.54, 1.807) is 6.92 Å². The molecule has 6 saturated carbocycles. The van der Waals surface area contributed by atoms with E-state index >= 15 is 0 Å². The minimum absolute atomic E-state index is 0.113. The third kappa shape index (κ3) is 3.37. The number of carbonyl (C=O) groups is 2. The maximum absolute atomic E-state index is 13.5. The number of esters is 2. The summed E-state index contributed by atoms with van der Waals surface area (Å²) in [5, 5.41) is 11.6. The molecule has 8 unspecified atom stereocenters. The maximum Gasteiger partial charge on any atom is 0.333 e. The van der Waals surface area contributed by atoms with E-state index in [1.807, 2.05) is 20.8 Å². The second-order valence-electron chi connectivity index (χ2n) is 12.9. The van der Waals surface area contributed by atoms with Crippen LogP contribution in [0.25, 0.3) is 0 Å². The van der Waals surface area contributed by atoms with Crippen LogP contribution in [0.15, 0.2) is 12.2 Å². The van der Waals surface area contributed by atoms with Crippen molar-refractivity contribution < 1.29 is 24.2 Å². The Morgan fingerprint density at radius 3 is 2.39 bits per heavy atom. The molecule has 0 aliphatic heterocycles. The summed E-state index contributed by atoms with van der Waals surface area (Å²) in [6.45, 7) is 11.2. The molecule has 0 heterocycles. The predicted octanol–water partition coefficient (Wildman–Crippen LogP) is 4.56. The van der Waals surface area contributed by atoms with Crippen LogP contribution in [0.1, 0.15) is 85.5 Å². The first kappa shape index (κ1) is 21.5. The monoisotopic (exact) mass is 430 g/mol. The standard InChI is InChI=1S/C26H38O5/c1-15(2)21(27)30-20-18-7-6-17(8-18)19(20)24-9-16-10-25(12-24,14-26(29,11-16)13-24)22(28)31-23(3,4)5/h16-20,29H,1,6-14H2,2-5H3. The zero-order valence-corrected chi connectivity index (χ0v) is 19.5. The second kappa shape index (κ2) is 6.59. The fourth-order valence-electron chi connectivity index (χ4n) is 8.93. The van der Waals surface area contributed by atoms with Crippen LogP contribution in [0.3, 0.4) is 0 Å². The van der Waals surface area contributed by atoms with Gasteiger partial charge in [0.15, 0.2) is 0 Å². The minimum Gasteiger partial charge on any atom is -0.460 e. The molecule has 0 aromatic rings. The lowest BCUT2D eigenvalue weighted by Gasteiger charge is -2.66. The van der Waals surface area contributed by atoms with Crippen molar-refractivity contribution in [3.63, 3.8) is 0 Å². The normalized spacial score (nSPS) is 47.5.